The molecule has 2 aromatic rings. The van der Waals surface area contributed by atoms with Crippen LogP contribution in [0.2, 0.25) is 0 Å². The van der Waals surface area contributed by atoms with Gasteiger partial charge in [0.25, 0.3) is 5.91 Å². The Morgan fingerprint density at radius 1 is 1.10 bits per heavy atom. The number of anilines is 2. The van der Waals surface area contributed by atoms with Crippen LogP contribution >= 0.6 is 0 Å². The van der Waals surface area contributed by atoms with Gasteiger partial charge in [-0.15, -0.1) is 0 Å². The lowest BCUT2D eigenvalue weighted by Gasteiger charge is -2.11. The Morgan fingerprint density at radius 3 is 2.67 bits per heavy atom. The van der Waals surface area contributed by atoms with Crippen LogP contribution in [0.15, 0.2) is 30.3 Å². The minimum atomic E-state index is -0.194. The Labute approximate surface area is 122 Å². The minimum Gasteiger partial charge on any atom is -0.454 e. The molecule has 0 spiro atoms. The van der Waals surface area contributed by atoms with E-state index in [0.29, 0.717) is 22.7 Å². The molecule has 0 saturated heterocycles. The summed E-state index contributed by atoms with van der Waals surface area (Å²) in [6.07, 6.45) is 0. The van der Waals surface area contributed by atoms with Gasteiger partial charge in [0.05, 0.1) is 0 Å². The monoisotopic (exact) mass is 284 g/mol. The average Bonchev–Trinajstić information content (AvgIpc) is 2.92. The molecule has 108 valence electrons. The summed E-state index contributed by atoms with van der Waals surface area (Å²) in [5, 5.41) is 2.89. The highest BCUT2D eigenvalue weighted by Gasteiger charge is 2.16. The molecule has 3 rings (SSSR count). The summed E-state index contributed by atoms with van der Waals surface area (Å²) in [5.41, 5.74) is 9.70. The highest BCUT2D eigenvalue weighted by molar-refractivity contribution is 6.05. The number of carbonyl (C=O) groups excluding carboxylic acids is 1. The molecule has 1 amide bonds. The molecule has 0 unspecified atom stereocenters. The van der Waals surface area contributed by atoms with Crippen LogP contribution in [0.4, 0.5) is 11.4 Å². The standard InChI is InChI=1S/C16H16N2O3/c1-9-6-13(10(2)5-12(9)17)18-16(19)11-3-4-14-15(7-11)21-8-20-14/h3-7H,8,17H2,1-2H3,(H,18,19). The Balaban J connectivity index is 1.85. The Bertz CT molecular complexity index is 726. The van der Waals surface area contributed by atoms with E-state index >= 15 is 0 Å². The van der Waals surface area contributed by atoms with E-state index in [1.165, 1.54) is 0 Å². The number of nitrogen functional groups attached to an aromatic ring is 1. The minimum absolute atomic E-state index is 0.191. The van der Waals surface area contributed by atoms with Gasteiger partial charge >= 0.3 is 0 Å². The van der Waals surface area contributed by atoms with Crippen molar-refractivity contribution in [2.24, 2.45) is 0 Å². The van der Waals surface area contributed by atoms with Crippen molar-refractivity contribution in [2.75, 3.05) is 17.8 Å². The van der Waals surface area contributed by atoms with E-state index in [-0.39, 0.29) is 12.7 Å². The fourth-order valence-electron chi connectivity index (χ4n) is 2.21. The van der Waals surface area contributed by atoms with Crippen molar-refractivity contribution < 1.29 is 14.3 Å². The lowest BCUT2D eigenvalue weighted by molar-refractivity contribution is 0.102. The highest BCUT2D eigenvalue weighted by atomic mass is 16.7. The van der Waals surface area contributed by atoms with Gasteiger partial charge in [0.2, 0.25) is 6.79 Å². The summed E-state index contributed by atoms with van der Waals surface area (Å²) >= 11 is 0. The molecular weight excluding hydrogens is 268 g/mol. The highest BCUT2D eigenvalue weighted by Crippen LogP contribution is 2.32. The Morgan fingerprint density at radius 2 is 1.86 bits per heavy atom. The summed E-state index contributed by atoms with van der Waals surface area (Å²) in [4.78, 5) is 12.3. The number of fused-ring (bicyclic) bond motifs is 1. The second kappa shape index (κ2) is 5.01. The van der Waals surface area contributed by atoms with E-state index in [9.17, 15) is 4.79 Å². The molecule has 1 aliphatic rings. The molecule has 3 N–H and O–H groups in total. The van der Waals surface area contributed by atoms with E-state index in [2.05, 4.69) is 5.32 Å². The van der Waals surface area contributed by atoms with Crippen molar-refractivity contribution in [1.29, 1.82) is 0 Å². The third kappa shape index (κ3) is 2.50. The van der Waals surface area contributed by atoms with Crippen LogP contribution in [0.3, 0.4) is 0 Å². The number of aryl methyl sites for hydroxylation is 2. The Kier molecular flexibility index (Phi) is 3.17. The maximum absolute atomic E-state index is 12.3. The number of rotatable bonds is 2. The average molecular weight is 284 g/mol. The topological polar surface area (TPSA) is 73.6 Å². The number of ether oxygens (including phenoxy) is 2. The maximum Gasteiger partial charge on any atom is 0.255 e. The molecule has 2 aromatic carbocycles. The summed E-state index contributed by atoms with van der Waals surface area (Å²) in [6, 6.07) is 8.85. The third-order valence-corrected chi connectivity index (χ3v) is 3.50. The Hall–Kier alpha value is -2.69. The zero-order chi connectivity index (χ0) is 15.0. The van der Waals surface area contributed by atoms with Gasteiger partial charge in [0.1, 0.15) is 0 Å². The van der Waals surface area contributed by atoms with E-state index in [0.717, 1.165) is 16.8 Å². The zero-order valence-electron chi connectivity index (χ0n) is 11.9. The smallest absolute Gasteiger partial charge is 0.255 e. The number of benzene rings is 2. The van der Waals surface area contributed by atoms with E-state index in [1.807, 2.05) is 26.0 Å². The van der Waals surface area contributed by atoms with Gasteiger partial charge in [0.15, 0.2) is 11.5 Å². The maximum atomic E-state index is 12.3. The summed E-state index contributed by atoms with van der Waals surface area (Å²) < 4.78 is 10.5. The third-order valence-electron chi connectivity index (χ3n) is 3.50. The summed E-state index contributed by atoms with van der Waals surface area (Å²) in [7, 11) is 0. The van der Waals surface area contributed by atoms with Gasteiger partial charge in [-0.25, -0.2) is 0 Å². The largest absolute Gasteiger partial charge is 0.454 e. The van der Waals surface area contributed by atoms with Crippen LogP contribution < -0.4 is 20.5 Å². The number of hydrogen-bond acceptors (Lipinski definition) is 4. The molecule has 0 saturated carbocycles. The van der Waals surface area contributed by atoms with Gasteiger partial charge in [-0.05, 0) is 55.3 Å². The van der Waals surface area contributed by atoms with Crippen molar-refractivity contribution in [3.63, 3.8) is 0 Å². The molecule has 5 nitrogen and oxygen atoms in total. The molecule has 1 aliphatic heterocycles. The number of carbonyl (C=O) groups is 1. The van der Waals surface area contributed by atoms with Crippen LogP contribution in [0.5, 0.6) is 11.5 Å². The van der Waals surface area contributed by atoms with Crippen LogP contribution in [-0.4, -0.2) is 12.7 Å². The lowest BCUT2D eigenvalue weighted by Crippen LogP contribution is -2.13. The van der Waals surface area contributed by atoms with Crippen molar-refractivity contribution in [2.45, 2.75) is 13.8 Å². The fraction of sp³-hybridized carbons (Fsp3) is 0.188. The number of nitrogens with one attached hydrogen (secondary N) is 1. The van der Waals surface area contributed by atoms with Gasteiger partial charge in [0, 0.05) is 16.9 Å². The SMILES string of the molecule is Cc1cc(NC(=O)c2ccc3c(c2)OCO3)c(C)cc1N. The molecule has 0 radical (unpaired) electrons. The van der Waals surface area contributed by atoms with Crippen LogP contribution in [0.1, 0.15) is 21.5 Å². The first-order valence-electron chi connectivity index (χ1n) is 6.62. The first kappa shape index (κ1) is 13.3. The molecule has 5 heteroatoms. The van der Waals surface area contributed by atoms with Crippen molar-refractivity contribution in [3.8, 4) is 11.5 Å². The van der Waals surface area contributed by atoms with Gasteiger partial charge in [-0.2, -0.15) is 0 Å². The normalized spacial score (nSPS) is 12.3. The predicted molar refractivity (Wildman–Crippen MR) is 80.8 cm³/mol. The first-order chi connectivity index (χ1) is 10.0. The van der Waals surface area contributed by atoms with Crippen molar-refractivity contribution >= 4 is 17.3 Å². The van der Waals surface area contributed by atoms with Crippen LogP contribution in [0.25, 0.3) is 0 Å². The van der Waals surface area contributed by atoms with E-state index in [4.69, 9.17) is 15.2 Å². The van der Waals surface area contributed by atoms with Crippen molar-refractivity contribution in [1.82, 2.24) is 0 Å². The number of nitrogens with two attached hydrogens (primary N) is 1. The first-order valence-corrected chi connectivity index (χ1v) is 6.62. The molecule has 0 fully saturated rings. The summed E-state index contributed by atoms with van der Waals surface area (Å²) in [5.74, 6) is 1.06. The molecule has 1 heterocycles. The van der Waals surface area contributed by atoms with Gasteiger partial charge in [-0.3, -0.25) is 4.79 Å². The molecule has 0 aromatic heterocycles. The summed E-state index contributed by atoms with van der Waals surface area (Å²) in [6.45, 7) is 4.01. The van der Waals surface area contributed by atoms with Gasteiger partial charge < -0.3 is 20.5 Å². The van der Waals surface area contributed by atoms with E-state index < -0.39 is 0 Å². The molecule has 0 bridgehead atoms. The van der Waals surface area contributed by atoms with Crippen LogP contribution in [0, 0.1) is 13.8 Å². The number of hydrogen-bond donors (Lipinski definition) is 2. The lowest BCUT2D eigenvalue weighted by atomic mass is 10.1. The quantitative estimate of drug-likeness (QED) is 0.832. The van der Waals surface area contributed by atoms with Gasteiger partial charge in [-0.1, -0.05) is 0 Å². The molecular formula is C16H16N2O3. The second-order valence-electron chi connectivity index (χ2n) is 5.05. The van der Waals surface area contributed by atoms with Crippen molar-refractivity contribution in [3.05, 3.63) is 47.0 Å². The molecule has 0 atom stereocenters. The fourth-order valence-corrected chi connectivity index (χ4v) is 2.21. The molecule has 21 heavy (non-hydrogen) atoms. The number of amides is 1. The van der Waals surface area contributed by atoms with Crippen LogP contribution in [-0.2, 0) is 0 Å². The second-order valence-corrected chi connectivity index (χ2v) is 5.05. The van der Waals surface area contributed by atoms with E-state index in [1.54, 1.807) is 18.2 Å². The predicted octanol–water partition coefficient (Wildman–Crippen LogP) is 2.87. The zero-order valence-corrected chi connectivity index (χ0v) is 11.9. The molecule has 0 aliphatic carbocycles.